The van der Waals surface area contributed by atoms with E-state index >= 15 is 0 Å². The number of hydrogen-bond acceptors (Lipinski definition) is 0. The maximum atomic E-state index is 14.1. The van der Waals surface area contributed by atoms with Crippen LogP contribution in [0.4, 0.5) is 17.6 Å². The predicted octanol–water partition coefficient (Wildman–Crippen LogP) is 11.0. The maximum Gasteiger partial charge on any atom is 0.166 e. The number of aryl methyl sites for hydroxylation is 2. The van der Waals surface area contributed by atoms with Crippen LogP contribution < -0.4 is 0 Å². The lowest BCUT2D eigenvalue weighted by atomic mass is 9.71. The molecule has 208 valence electrons. The molecule has 0 aliphatic heterocycles. The van der Waals surface area contributed by atoms with Crippen LogP contribution in [0.25, 0.3) is 11.1 Å². The molecule has 2 aromatic carbocycles. The SMILES string of the molecule is Cc1ccc(C2=CCC(C)CC2)c(F)c1F.Cc1ccc(C2=CCC(C3CCC(C)CC3)CC2)c(F)c1F.[HH]. The zero-order chi connectivity index (χ0) is 27.4. The van der Waals surface area contributed by atoms with Crippen LogP contribution in [0.5, 0.6) is 0 Å². The Labute approximate surface area is 227 Å². The first-order chi connectivity index (χ1) is 18.2. The van der Waals surface area contributed by atoms with Gasteiger partial charge in [-0.1, -0.05) is 63.1 Å². The van der Waals surface area contributed by atoms with E-state index < -0.39 is 23.3 Å². The molecule has 0 saturated heterocycles. The third-order valence-corrected chi connectivity index (χ3v) is 9.09. The van der Waals surface area contributed by atoms with Gasteiger partial charge in [-0.05, 0) is 111 Å². The second kappa shape index (κ2) is 12.7. The molecule has 0 heterocycles. The van der Waals surface area contributed by atoms with E-state index in [1.165, 1.54) is 25.7 Å². The van der Waals surface area contributed by atoms with Crippen molar-refractivity contribution in [1.82, 2.24) is 0 Å². The summed E-state index contributed by atoms with van der Waals surface area (Å²) in [6, 6.07) is 6.76. The molecular weight excluding hydrogens is 484 g/mol. The van der Waals surface area contributed by atoms with E-state index in [0.717, 1.165) is 67.4 Å². The van der Waals surface area contributed by atoms with Crippen molar-refractivity contribution >= 4 is 11.1 Å². The van der Waals surface area contributed by atoms with Gasteiger partial charge in [0.2, 0.25) is 0 Å². The maximum absolute atomic E-state index is 14.1. The summed E-state index contributed by atoms with van der Waals surface area (Å²) in [7, 11) is 0. The van der Waals surface area contributed by atoms with Gasteiger partial charge in [-0.15, -0.1) is 0 Å². The zero-order valence-corrected chi connectivity index (χ0v) is 23.4. The minimum absolute atomic E-state index is 0. The van der Waals surface area contributed by atoms with Gasteiger partial charge >= 0.3 is 0 Å². The summed E-state index contributed by atoms with van der Waals surface area (Å²) in [5.41, 5.74) is 3.61. The Morgan fingerprint density at radius 3 is 1.50 bits per heavy atom. The molecule has 3 aliphatic carbocycles. The molecule has 2 atom stereocenters. The first kappa shape index (κ1) is 28.6. The molecular formula is C34H44F4. The van der Waals surface area contributed by atoms with E-state index in [1.54, 1.807) is 38.1 Å². The molecule has 0 amide bonds. The Morgan fingerprint density at radius 1 is 0.553 bits per heavy atom. The predicted molar refractivity (Wildman–Crippen MR) is 152 cm³/mol. The van der Waals surface area contributed by atoms with E-state index in [-0.39, 0.29) is 1.43 Å². The first-order valence-corrected chi connectivity index (χ1v) is 14.4. The van der Waals surface area contributed by atoms with Crippen molar-refractivity contribution in [2.75, 3.05) is 0 Å². The molecule has 0 aromatic heterocycles. The highest BCUT2D eigenvalue weighted by Crippen LogP contribution is 2.41. The van der Waals surface area contributed by atoms with Gasteiger partial charge in [0.25, 0.3) is 0 Å². The highest BCUT2D eigenvalue weighted by molar-refractivity contribution is 5.68. The molecule has 3 aliphatic rings. The Morgan fingerprint density at radius 2 is 1.05 bits per heavy atom. The smallest absolute Gasteiger partial charge is 0.166 e. The highest BCUT2D eigenvalue weighted by atomic mass is 19.2. The molecule has 0 bridgehead atoms. The van der Waals surface area contributed by atoms with Crippen LogP contribution in [0.2, 0.25) is 0 Å². The van der Waals surface area contributed by atoms with Crippen molar-refractivity contribution in [3.8, 4) is 0 Å². The van der Waals surface area contributed by atoms with Crippen molar-refractivity contribution in [2.24, 2.45) is 23.7 Å². The summed E-state index contributed by atoms with van der Waals surface area (Å²) >= 11 is 0. The fourth-order valence-corrected chi connectivity index (χ4v) is 6.28. The second-order valence-electron chi connectivity index (χ2n) is 12.0. The van der Waals surface area contributed by atoms with Gasteiger partial charge in [-0.25, -0.2) is 17.6 Å². The molecule has 0 radical (unpaired) electrons. The average Bonchev–Trinajstić information content (AvgIpc) is 2.92. The minimum atomic E-state index is -0.711. The molecule has 0 N–H and O–H groups in total. The lowest BCUT2D eigenvalue weighted by Crippen LogP contribution is -2.22. The zero-order valence-electron chi connectivity index (χ0n) is 23.4. The Bertz CT molecular complexity index is 1190. The lowest BCUT2D eigenvalue weighted by Gasteiger charge is -2.34. The molecule has 4 heteroatoms. The van der Waals surface area contributed by atoms with E-state index in [2.05, 4.69) is 19.9 Å². The fourth-order valence-electron chi connectivity index (χ4n) is 6.28. The third kappa shape index (κ3) is 6.61. The quantitative estimate of drug-likeness (QED) is 0.348. The van der Waals surface area contributed by atoms with E-state index in [1.807, 2.05) is 6.08 Å². The third-order valence-electron chi connectivity index (χ3n) is 9.09. The molecule has 1 fully saturated rings. The van der Waals surface area contributed by atoms with Gasteiger partial charge in [0, 0.05) is 12.6 Å². The van der Waals surface area contributed by atoms with Crippen LogP contribution in [-0.2, 0) is 0 Å². The van der Waals surface area contributed by atoms with Crippen LogP contribution in [-0.4, -0.2) is 0 Å². The minimum Gasteiger partial charge on any atom is -0.203 e. The van der Waals surface area contributed by atoms with Gasteiger partial charge < -0.3 is 0 Å². The number of benzene rings is 2. The van der Waals surface area contributed by atoms with Crippen LogP contribution >= 0.6 is 0 Å². The van der Waals surface area contributed by atoms with Crippen molar-refractivity contribution < 1.29 is 19.0 Å². The summed E-state index contributed by atoms with van der Waals surface area (Å²) in [5.74, 6) is 0.358. The normalized spacial score (nSPS) is 25.7. The van der Waals surface area contributed by atoms with Crippen LogP contribution in [0.3, 0.4) is 0 Å². The van der Waals surface area contributed by atoms with Crippen molar-refractivity contribution in [3.63, 3.8) is 0 Å². The number of allylic oxidation sites excluding steroid dienone is 4. The van der Waals surface area contributed by atoms with Crippen LogP contribution in [0.15, 0.2) is 36.4 Å². The Balaban J connectivity index is 0.000000220. The van der Waals surface area contributed by atoms with Gasteiger partial charge in [-0.2, -0.15) is 0 Å². The summed E-state index contributed by atoms with van der Waals surface area (Å²) in [4.78, 5) is 0. The summed E-state index contributed by atoms with van der Waals surface area (Å²) in [5, 5.41) is 0. The van der Waals surface area contributed by atoms with Gasteiger partial charge in [0.05, 0.1) is 0 Å². The standard InChI is InChI=1S/C20H26F2.C14H16F2.H2/c1-13-3-6-15(7-4-13)16-8-10-17(11-9-16)18-12-5-14(2)19(21)20(18)22;1-9-3-6-11(7-4-9)12-8-5-10(2)13(15)14(12)16;/h5,10,12-13,15-16H,3-4,6-9,11H2,1-2H3;5-6,8-9H,3-4,7H2,1-2H3;1H. The largest absolute Gasteiger partial charge is 0.203 e. The molecule has 38 heavy (non-hydrogen) atoms. The Kier molecular flexibility index (Phi) is 9.54. The van der Waals surface area contributed by atoms with Gasteiger partial charge in [0.15, 0.2) is 23.3 Å². The second-order valence-corrected chi connectivity index (χ2v) is 12.0. The fraction of sp³-hybridized carbons (Fsp3) is 0.529. The molecule has 2 unspecified atom stereocenters. The van der Waals surface area contributed by atoms with Crippen LogP contribution in [0, 0.1) is 60.8 Å². The van der Waals surface area contributed by atoms with Crippen molar-refractivity contribution in [1.29, 1.82) is 0 Å². The van der Waals surface area contributed by atoms with Gasteiger partial charge in [0.1, 0.15) is 0 Å². The van der Waals surface area contributed by atoms with Gasteiger partial charge in [-0.3, -0.25) is 0 Å². The van der Waals surface area contributed by atoms with Crippen molar-refractivity contribution in [2.45, 2.75) is 91.9 Å². The lowest BCUT2D eigenvalue weighted by molar-refractivity contribution is 0.202. The molecule has 2 aromatic rings. The molecule has 0 nitrogen and oxygen atoms in total. The summed E-state index contributed by atoms with van der Waals surface area (Å²) in [6.45, 7) is 7.72. The van der Waals surface area contributed by atoms with E-state index in [4.69, 9.17) is 0 Å². The van der Waals surface area contributed by atoms with Crippen molar-refractivity contribution in [3.05, 3.63) is 81.9 Å². The van der Waals surface area contributed by atoms with E-state index in [9.17, 15) is 17.6 Å². The molecule has 0 spiro atoms. The first-order valence-electron chi connectivity index (χ1n) is 14.4. The highest BCUT2D eigenvalue weighted by Gasteiger charge is 2.28. The monoisotopic (exact) mass is 528 g/mol. The number of rotatable bonds is 3. The average molecular weight is 529 g/mol. The number of halogens is 4. The van der Waals surface area contributed by atoms with E-state index in [0.29, 0.717) is 28.2 Å². The molecule has 1 saturated carbocycles. The van der Waals surface area contributed by atoms with Crippen LogP contribution in [0.1, 0.15) is 102 Å². The summed E-state index contributed by atoms with van der Waals surface area (Å²) < 4.78 is 55.0. The number of hydrogen-bond donors (Lipinski definition) is 0. The summed E-state index contributed by atoms with van der Waals surface area (Å²) in [6.07, 6.45) is 15.5. The molecule has 5 rings (SSSR count). The Hall–Kier alpha value is -2.36. The topological polar surface area (TPSA) is 0 Å².